The van der Waals surface area contributed by atoms with Crippen LogP contribution in [-0.4, -0.2) is 50.8 Å². The normalized spacial score (nSPS) is 40.6. The highest BCUT2D eigenvalue weighted by molar-refractivity contribution is 5.16. The molecule has 8 atom stereocenters. The van der Waals surface area contributed by atoms with Crippen LogP contribution >= 0.6 is 0 Å². The molecule has 38 heavy (non-hydrogen) atoms. The second-order valence-corrected chi connectivity index (χ2v) is 13.4. The van der Waals surface area contributed by atoms with Gasteiger partial charge in [-0.25, -0.2) is 0 Å². The van der Waals surface area contributed by atoms with Crippen LogP contribution in [0, 0.1) is 29.6 Å². The average molecular weight is 521 g/mol. The van der Waals surface area contributed by atoms with Crippen molar-refractivity contribution in [3.8, 4) is 0 Å². The Morgan fingerprint density at radius 1 is 0.474 bits per heavy atom. The molecular formula is C34H56N4. The predicted octanol–water partition coefficient (Wildman–Crippen LogP) is 5.90. The van der Waals surface area contributed by atoms with E-state index in [-0.39, 0.29) is 0 Å². The quantitative estimate of drug-likeness (QED) is 0.301. The summed E-state index contributed by atoms with van der Waals surface area (Å²) in [6.45, 7) is 22.4. The second kappa shape index (κ2) is 13.4. The summed E-state index contributed by atoms with van der Waals surface area (Å²) in [4.78, 5) is 0. The third-order valence-electron chi connectivity index (χ3n) is 11.0. The van der Waals surface area contributed by atoms with Crippen molar-refractivity contribution in [1.29, 1.82) is 0 Å². The van der Waals surface area contributed by atoms with E-state index in [2.05, 4.69) is 47.6 Å². The van der Waals surface area contributed by atoms with Crippen LogP contribution in [0.2, 0.25) is 0 Å². The van der Waals surface area contributed by atoms with Gasteiger partial charge < -0.3 is 21.3 Å². The summed E-state index contributed by atoms with van der Waals surface area (Å²) in [7, 11) is 0. The summed E-state index contributed by atoms with van der Waals surface area (Å²) in [5, 5.41) is 13.8. The minimum absolute atomic E-state index is 0.707. The summed E-state index contributed by atoms with van der Waals surface area (Å²) in [6.07, 6.45) is 17.5. The van der Waals surface area contributed by atoms with Gasteiger partial charge in [-0.15, -0.1) is 0 Å². The number of hydrogen-bond acceptors (Lipinski definition) is 4. The Bertz CT molecular complexity index is 791. The van der Waals surface area contributed by atoms with E-state index in [1.807, 2.05) is 0 Å². The van der Waals surface area contributed by atoms with Gasteiger partial charge in [-0.05, 0) is 120 Å². The van der Waals surface area contributed by atoms with Crippen molar-refractivity contribution in [3.05, 3.63) is 48.6 Å². The lowest BCUT2D eigenvalue weighted by Crippen LogP contribution is -2.55. The number of hydrogen-bond donors (Lipinski definition) is 4. The van der Waals surface area contributed by atoms with Crippen molar-refractivity contribution in [2.24, 2.45) is 29.6 Å². The van der Waals surface area contributed by atoms with Crippen molar-refractivity contribution < 1.29 is 0 Å². The lowest BCUT2D eigenvalue weighted by atomic mass is 9.76. The van der Waals surface area contributed by atoms with Gasteiger partial charge in [0.2, 0.25) is 0 Å². The minimum atomic E-state index is 0.707. The van der Waals surface area contributed by atoms with E-state index < -0.39 is 0 Å². The summed E-state index contributed by atoms with van der Waals surface area (Å²) in [5.41, 5.74) is 5.94. The largest absolute Gasteiger partial charge is 0.316 e. The molecule has 0 amide bonds. The third kappa shape index (κ3) is 6.74. The van der Waals surface area contributed by atoms with Gasteiger partial charge in [-0.2, -0.15) is 0 Å². The highest BCUT2D eigenvalue weighted by Crippen LogP contribution is 2.36. The Kier molecular flexibility index (Phi) is 10.0. The van der Waals surface area contributed by atoms with E-state index in [0.717, 1.165) is 41.7 Å². The topological polar surface area (TPSA) is 48.1 Å². The van der Waals surface area contributed by atoms with E-state index in [9.17, 15) is 0 Å². The van der Waals surface area contributed by atoms with Crippen molar-refractivity contribution in [2.45, 2.75) is 102 Å². The molecule has 0 bridgehead atoms. The van der Waals surface area contributed by atoms with E-state index in [0.29, 0.717) is 6.04 Å². The van der Waals surface area contributed by atoms with Crippen molar-refractivity contribution >= 4 is 0 Å². The van der Waals surface area contributed by atoms with Crippen LogP contribution in [0.25, 0.3) is 0 Å². The van der Waals surface area contributed by atoms with Crippen molar-refractivity contribution in [3.63, 3.8) is 0 Å². The molecule has 8 fully saturated rings. The molecule has 8 rings (SSSR count). The van der Waals surface area contributed by atoms with Gasteiger partial charge in [0.15, 0.2) is 0 Å². The van der Waals surface area contributed by atoms with Crippen LogP contribution in [0.15, 0.2) is 48.6 Å². The molecule has 0 aromatic carbocycles. The smallest absolute Gasteiger partial charge is 0.0317 e. The summed E-state index contributed by atoms with van der Waals surface area (Å²) >= 11 is 0. The maximum absolute atomic E-state index is 4.12. The molecule has 0 aromatic rings. The van der Waals surface area contributed by atoms with Crippen LogP contribution in [0.4, 0.5) is 0 Å². The van der Waals surface area contributed by atoms with Gasteiger partial charge in [0.1, 0.15) is 0 Å². The Morgan fingerprint density at radius 2 is 1.08 bits per heavy atom. The zero-order chi connectivity index (χ0) is 26.5. The molecule has 0 radical (unpaired) electrons. The average Bonchev–Trinajstić information content (AvgIpc) is 3.54. The zero-order valence-corrected chi connectivity index (χ0v) is 24.2. The minimum Gasteiger partial charge on any atom is -0.316 e. The third-order valence-corrected chi connectivity index (χ3v) is 11.0. The maximum atomic E-state index is 4.12. The second-order valence-electron chi connectivity index (χ2n) is 13.4. The molecule has 8 aliphatic rings. The molecule has 8 unspecified atom stereocenters. The first kappa shape index (κ1) is 28.3. The molecule has 0 spiro atoms. The molecule has 4 heteroatoms. The highest BCUT2D eigenvalue weighted by Gasteiger charge is 2.35. The summed E-state index contributed by atoms with van der Waals surface area (Å²) in [5.74, 6) is 4.38. The summed E-state index contributed by atoms with van der Waals surface area (Å²) in [6, 6.07) is 2.31. The van der Waals surface area contributed by atoms with Gasteiger partial charge in [0.25, 0.3) is 0 Å². The van der Waals surface area contributed by atoms with E-state index in [1.165, 1.54) is 138 Å². The van der Waals surface area contributed by atoms with Crippen LogP contribution in [0.3, 0.4) is 0 Å². The first-order valence-electron chi connectivity index (χ1n) is 16.1. The van der Waals surface area contributed by atoms with Crippen LogP contribution in [0.5, 0.6) is 0 Å². The fourth-order valence-electron chi connectivity index (χ4n) is 8.35. The molecular weight excluding hydrogens is 464 g/mol. The molecule has 0 aromatic heterocycles. The first-order valence-corrected chi connectivity index (χ1v) is 16.1. The molecule has 4 aliphatic heterocycles. The Labute approximate surface area is 233 Å². The lowest BCUT2D eigenvalue weighted by molar-refractivity contribution is 0.217. The highest BCUT2D eigenvalue weighted by atomic mass is 15.0. The molecule has 212 valence electrons. The van der Waals surface area contributed by atoms with Gasteiger partial charge >= 0.3 is 0 Å². The van der Waals surface area contributed by atoms with Crippen LogP contribution in [-0.2, 0) is 0 Å². The fourth-order valence-corrected chi connectivity index (χ4v) is 8.35. The molecule has 4 N–H and O–H groups in total. The standard InChI is InChI=1S/2C9H15N.2C8H13N/c1-7-3-2-4-8-5-10-6-9(7)8;1-7-3-2-4-9-8(7)5-6-10-9;1-6-3-2-4-8-7(6)5-9-8;1-6-3-2-4-7-5-9-8(6)7/h2*8-10H,1-6H2;2*7-9H,1-5H2. The first-order chi connectivity index (χ1) is 18.5. The maximum Gasteiger partial charge on any atom is 0.0317 e. The van der Waals surface area contributed by atoms with E-state index >= 15 is 0 Å². The van der Waals surface area contributed by atoms with Gasteiger partial charge in [0, 0.05) is 43.7 Å². The molecule has 4 nitrogen and oxygen atoms in total. The SMILES string of the molecule is C=C1CCCC2CNC12.C=C1CCCC2CNCC12.C=C1CCCC2NCC12.C=C1CCCC2NCCC12. The van der Waals surface area contributed by atoms with Crippen LogP contribution < -0.4 is 21.3 Å². The number of rotatable bonds is 0. The van der Waals surface area contributed by atoms with Crippen LogP contribution in [0.1, 0.15) is 83.5 Å². The fraction of sp³-hybridized carbons (Fsp3) is 0.765. The Hall–Kier alpha value is -1.20. The monoisotopic (exact) mass is 520 g/mol. The van der Waals surface area contributed by atoms with Gasteiger partial charge in [0.05, 0.1) is 0 Å². The van der Waals surface area contributed by atoms with E-state index in [4.69, 9.17) is 0 Å². The predicted molar refractivity (Wildman–Crippen MR) is 162 cm³/mol. The summed E-state index contributed by atoms with van der Waals surface area (Å²) < 4.78 is 0. The number of fused-ring (bicyclic) bond motifs is 4. The van der Waals surface area contributed by atoms with Crippen molar-refractivity contribution in [1.82, 2.24) is 21.3 Å². The zero-order valence-electron chi connectivity index (χ0n) is 24.2. The molecule has 4 aliphatic carbocycles. The van der Waals surface area contributed by atoms with Gasteiger partial charge in [-0.3, -0.25) is 0 Å². The molecule has 4 saturated heterocycles. The molecule has 4 saturated carbocycles. The Balaban J connectivity index is 0.000000103. The number of nitrogens with one attached hydrogen (secondary N) is 4. The lowest BCUT2D eigenvalue weighted by Gasteiger charge is -2.43. The van der Waals surface area contributed by atoms with E-state index in [1.54, 1.807) is 0 Å². The van der Waals surface area contributed by atoms with Crippen molar-refractivity contribution in [2.75, 3.05) is 32.7 Å². The van der Waals surface area contributed by atoms with Gasteiger partial charge in [-0.1, -0.05) is 48.6 Å². The Morgan fingerprint density at radius 3 is 1.58 bits per heavy atom. The molecule has 4 heterocycles.